The molecule has 140 valence electrons. The normalized spacial score (nSPS) is 10.8. The van der Waals surface area contributed by atoms with Gasteiger partial charge in [0.1, 0.15) is 0 Å². The molecule has 0 radical (unpaired) electrons. The Kier molecular flexibility index (Phi) is 5.36. The minimum atomic E-state index is -0.374. The standard InChI is InChI=1S/C23H27N3O/c1-16-21(19-10-12-20(13-11-19)25(3)4)22(23(24)27)17(2)26(16)15-14-18-8-6-5-7-9-18/h5-13H,14-15H2,1-4H3,(H2,24,27). The zero-order valence-electron chi connectivity index (χ0n) is 16.5. The van der Waals surface area contributed by atoms with Gasteiger partial charge in [-0.15, -0.1) is 0 Å². The van der Waals surface area contributed by atoms with Gasteiger partial charge in [0.05, 0.1) is 5.56 Å². The van der Waals surface area contributed by atoms with Gasteiger partial charge in [0, 0.05) is 43.3 Å². The van der Waals surface area contributed by atoms with E-state index in [1.807, 2.05) is 27.1 Å². The van der Waals surface area contributed by atoms with Crippen molar-refractivity contribution in [1.82, 2.24) is 4.57 Å². The summed E-state index contributed by atoms with van der Waals surface area (Å²) in [6.07, 6.45) is 0.911. The highest BCUT2D eigenvalue weighted by Crippen LogP contribution is 2.33. The molecule has 0 aliphatic rings. The van der Waals surface area contributed by atoms with Crippen LogP contribution in [-0.4, -0.2) is 24.6 Å². The van der Waals surface area contributed by atoms with E-state index in [1.165, 1.54) is 5.56 Å². The molecule has 0 bridgehead atoms. The first-order valence-corrected chi connectivity index (χ1v) is 9.21. The molecule has 4 heteroatoms. The van der Waals surface area contributed by atoms with Crippen molar-refractivity contribution in [2.45, 2.75) is 26.8 Å². The lowest BCUT2D eigenvalue weighted by Crippen LogP contribution is -2.14. The zero-order chi connectivity index (χ0) is 19.6. The van der Waals surface area contributed by atoms with Crippen LogP contribution in [0.4, 0.5) is 5.69 Å². The van der Waals surface area contributed by atoms with Crippen molar-refractivity contribution in [3.63, 3.8) is 0 Å². The third-order valence-corrected chi connectivity index (χ3v) is 5.17. The van der Waals surface area contributed by atoms with Gasteiger partial charge < -0.3 is 15.2 Å². The maximum atomic E-state index is 12.2. The van der Waals surface area contributed by atoms with Gasteiger partial charge >= 0.3 is 0 Å². The first kappa shape index (κ1) is 18.8. The van der Waals surface area contributed by atoms with Crippen LogP contribution in [0.1, 0.15) is 27.3 Å². The smallest absolute Gasteiger partial charge is 0.251 e. The highest BCUT2D eigenvalue weighted by Gasteiger charge is 2.22. The number of carbonyl (C=O) groups excluding carboxylic acids is 1. The van der Waals surface area contributed by atoms with E-state index in [4.69, 9.17) is 5.73 Å². The fraction of sp³-hybridized carbons (Fsp3) is 0.261. The summed E-state index contributed by atoms with van der Waals surface area (Å²) < 4.78 is 2.21. The Morgan fingerprint density at radius 1 is 0.963 bits per heavy atom. The number of benzene rings is 2. The van der Waals surface area contributed by atoms with Gasteiger partial charge in [-0.05, 0) is 43.5 Å². The fourth-order valence-electron chi connectivity index (χ4n) is 3.69. The molecule has 4 nitrogen and oxygen atoms in total. The zero-order valence-corrected chi connectivity index (χ0v) is 16.5. The summed E-state index contributed by atoms with van der Waals surface area (Å²) in [6.45, 7) is 4.87. The summed E-state index contributed by atoms with van der Waals surface area (Å²) in [5.74, 6) is -0.374. The van der Waals surface area contributed by atoms with Gasteiger partial charge in [-0.25, -0.2) is 0 Å². The van der Waals surface area contributed by atoms with Crippen molar-refractivity contribution < 1.29 is 4.79 Å². The number of amides is 1. The van der Waals surface area contributed by atoms with Gasteiger partial charge in [0.15, 0.2) is 0 Å². The summed E-state index contributed by atoms with van der Waals surface area (Å²) in [6, 6.07) is 18.6. The topological polar surface area (TPSA) is 51.3 Å². The quantitative estimate of drug-likeness (QED) is 0.716. The van der Waals surface area contributed by atoms with Gasteiger partial charge in [0.25, 0.3) is 5.91 Å². The molecular formula is C23H27N3O. The fourth-order valence-corrected chi connectivity index (χ4v) is 3.69. The number of anilines is 1. The third-order valence-electron chi connectivity index (χ3n) is 5.17. The molecule has 0 atom stereocenters. The minimum Gasteiger partial charge on any atom is -0.378 e. The average Bonchev–Trinajstić information content (AvgIpc) is 2.91. The van der Waals surface area contributed by atoms with Gasteiger partial charge in [-0.2, -0.15) is 0 Å². The minimum absolute atomic E-state index is 0.374. The molecule has 0 saturated carbocycles. The van der Waals surface area contributed by atoms with E-state index in [2.05, 4.69) is 64.9 Å². The van der Waals surface area contributed by atoms with Gasteiger partial charge in [-0.3, -0.25) is 4.79 Å². The van der Waals surface area contributed by atoms with E-state index in [0.717, 1.165) is 41.2 Å². The van der Waals surface area contributed by atoms with Crippen LogP contribution in [0.2, 0.25) is 0 Å². The van der Waals surface area contributed by atoms with E-state index in [-0.39, 0.29) is 5.91 Å². The Labute approximate surface area is 161 Å². The highest BCUT2D eigenvalue weighted by molar-refractivity contribution is 6.02. The monoisotopic (exact) mass is 361 g/mol. The SMILES string of the molecule is Cc1c(C(N)=O)c(-c2ccc(N(C)C)cc2)c(C)n1CCc1ccccc1. The number of nitrogens with two attached hydrogens (primary N) is 1. The summed E-state index contributed by atoms with van der Waals surface area (Å²) in [4.78, 5) is 14.3. The van der Waals surface area contributed by atoms with Crippen LogP contribution >= 0.6 is 0 Å². The van der Waals surface area contributed by atoms with Crippen molar-refractivity contribution in [2.75, 3.05) is 19.0 Å². The van der Waals surface area contributed by atoms with Gasteiger partial charge in [0.2, 0.25) is 0 Å². The maximum absolute atomic E-state index is 12.2. The van der Waals surface area contributed by atoms with E-state index in [0.29, 0.717) is 5.56 Å². The van der Waals surface area contributed by atoms with E-state index in [9.17, 15) is 4.79 Å². The van der Waals surface area contributed by atoms with Crippen LogP contribution in [0, 0.1) is 13.8 Å². The summed E-state index contributed by atoms with van der Waals surface area (Å²) in [7, 11) is 4.03. The van der Waals surface area contributed by atoms with E-state index in [1.54, 1.807) is 0 Å². The van der Waals surface area contributed by atoms with Crippen LogP contribution < -0.4 is 10.6 Å². The first-order valence-electron chi connectivity index (χ1n) is 9.21. The maximum Gasteiger partial charge on any atom is 0.251 e. The van der Waals surface area contributed by atoms with Crippen molar-refractivity contribution in [2.24, 2.45) is 5.73 Å². The second kappa shape index (κ2) is 7.70. The lowest BCUT2D eigenvalue weighted by atomic mass is 10.00. The van der Waals surface area contributed by atoms with E-state index < -0.39 is 0 Å². The first-order chi connectivity index (χ1) is 12.9. The molecule has 0 spiro atoms. The second-order valence-electron chi connectivity index (χ2n) is 7.11. The summed E-state index contributed by atoms with van der Waals surface area (Å²) >= 11 is 0. The molecule has 0 aliphatic carbocycles. The molecule has 27 heavy (non-hydrogen) atoms. The molecule has 1 amide bonds. The Hall–Kier alpha value is -3.01. The molecule has 2 N–H and O–H groups in total. The Morgan fingerprint density at radius 3 is 2.15 bits per heavy atom. The van der Waals surface area contributed by atoms with E-state index >= 15 is 0 Å². The molecule has 0 saturated heterocycles. The molecule has 0 aliphatic heterocycles. The van der Waals surface area contributed by atoms with Crippen LogP contribution in [0.15, 0.2) is 54.6 Å². The van der Waals surface area contributed by atoms with Gasteiger partial charge in [-0.1, -0.05) is 42.5 Å². The molecule has 1 heterocycles. The number of hydrogen-bond donors (Lipinski definition) is 1. The largest absolute Gasteiger partial charge is 0.378 e. The Balaban J connectivity index is 2.01. The predicted molar refractivity (Wildman–Crippen MR) is 112 cm³/mol. The molecule has 0 fully saturated rings. The lowest BCUT2D eigenvalue weighted by Gasteiger charge is -2.13. The Bertz CT molecular complexity index is 938. The molecular weight excluding hydrogens is 334 g/mol. The third kappa shape index (κ3) is 3.75. The molecule has 1 aromatic heterocycles. The predicted octanol–water partition coefficient (Wildman–Crippen LogP) is 4.18. The number of carbonyl (C=O) groups is 1. The lowest BCUT2D eigenvalue weighted by molar-refractivity contribution is 0.1000. The van der Waals surface area contributed by atoms with Crippen LogP contribution in [0.25, 0.3) is 11.1 Å². The number of primary amides is 1. The number of hydrogen-bond acceptors (Lipinski definition) is 2. The second-order valence-corrected chi connectivity index (χ2v) is 7.11. The van der Waals surface area contributed by atoms with Crippen LogP contribution in [-0.2, 0) is 13.0 Å². The summed E-state index contributed by atoms with van der Waals surface area (Å²) in [5, 5.41) is 0. The number of rotatable bonds is 6. The highest BCUT2D eigenvalue weighted by atomic mass is 16.1. The Morgan fingerprint density at radius 2 is 1.59 bits per heavy atom. The van der Waals surface area contributed by atoms with Crippen LogP contribution in [0.5, 0.6) is 0 Å². The number of nitrogens with zero attached hydrogens (tertiary/aromatic N) is 2. The molecule has 0 unspecified atom stereocenters. The molecule has 3 rings (SSSR count). The molecule has 2 aromatic carbocycles. The molecule has 3 aromatic rings. The van der Waals surface area contributed by atoms with Crippen molar-refractivity contribution in [3.05, 3.63) is 77.1 Å². The van der Waals surface area contributed by atoms with Crippen molar-refractivity contribution in [1.29, 1.82) is 0 Å². The number of aryl methyl sites for hydroxylation is 1. The average molecular weight is 361 g/mol. The van der Waals surface area contributed by atoms with Crippen LogP contribution in [0.3, 0.4) is 0 Å². The van der Waals surface area contributed by atoms with Crippen molar-refractivity contribution in [3.8, 4) is 11.1 Å². The summed E-state index contributed by atoms with van der Waals surface area (Å²) in [5.41, 5.74) is 12.8. The number of aromatic nitrogens is 1. The van der Waals surface area contributed by atoms with Crippen molar-refractivity contribution >= 4 is 11.6 Å².